The topological polar surface area (TPSA) is 165 Å². The molecule has 19 heteroatoms. The lowest BCUT2D eigenvalue weighted by Crippen LogP contribution is -2.08. The van der Waals surface area contributed by atoms with Crippen molar-refractivity contribution in [3.63, 3.8) is 0 Å². The molecule has 0 aliphatic heterocycles. The number of carbonyl (C=O) groups is 2. The second-order valence-corrected chi connectivity index (χ2v) is 34.7. The predicted octanol–water partition coefficient (Wildman–Crippen LogP) is 28.6. The van der Waals surface area contributed by atoms with Gasteiger partial charge in [-0.1, -0.05) is 242 Å². The van der Waals surface area contributed by atoms with E-state index in [0.717, 1.165) is 170 Å². The van der Waals surface area contributed by atoms with E-state index >= 15 is 0 Å². The number of nitrogens with zero attached hydrogens (tertiary/aromatic N) is 8. The Balaban J connectivity index is 1.13. The van der Waals surface area contributed by atoms with Gasteiger partial charge in [0.05, 0.1) is 82.1 Å². The average molecular weight is 1550 g/mol. The molecule has 7 heterocycles. The van der Waals surface area contributed by atoms with Crippen molar-refractivity contribution in [3.8, 4) is 24.3 Å². The van der Waals surface area contributed by atoms with Crippen molar-refractivity contribution < 1.29 is 9.59 Å². The molecule has 103 heavy (non-hydrogen) atoms. The molecule has 10 aromatic rings. The Morgan fingerprint density at radius 3 is 1.11 bits per heavy atom. The molecule has 0 saturated heterocycles. The van der Waals surface area contributed by atoms with Crippen molar-refractivity contribution >= 4 is 210 Å². The molecule has 2 unspecified atom stereocenters. The SMILES string of the molecule is CCCCCCCCCCCc1c(/C=C2\C(=O)c3cc(Cl)c(Cl)cc3C2=C(C#N)C#N)sc2c1sc1c3c4nsnc4c4c5sc6c(CCCCCCCCCCC)c(/C=C7\C(=O)c8cc(Cl)c(Cl)cc8C7=C(C#N)C#N)sc6c5n(CCC(CC)CCCC)c4c3n(CCC(CC)CCCC)c21. The van der Waals surface area contributed by atoms with Crippen LogP contribution in [0.15, 0.2) is 46.6 Å². The number of fused-ring (bicyclic) bond motifs is 16. The first-order chi connectivity index (χ1) is 50.2. The van der Waals surface area contributed by atoms with Crippen molar-refractivity contribution in [3.05, 3.63) is 110 Å². The molecule has 0 N–H and O–H groups in total. The highest BCUT2D eigenvalue weighted by molar-refractivity contribution is 7.34. The van der Waals surface area contributed by atoms with Crippen LogP contribution in [0, 0.1) is 57.2 Å². The van der Waals surface area contributed by atoms with Crippen molar-refractivity contribution in [1.82, 2.24) is 17.9 Å². The Morgan fingerprint density at radius 1 is 0.427 bits per heavy atom. The first-order valence-corrected chi connectivity index (χ1v) is 43.4. The molecule has 10 nitrogen and oxygen atoms in total. The second kappa shape index (κ2) is 35.0. The van der Waals surface area contributed by atoms with E-state index in [-0.39, 0.29) is 53.9 Å². The minimum absolute atomic E-state index is 0.152. The molecule has 7 aromatic heterocycles. The van der Waals surface area contributed by atoms with E-state index in [1.54, 1.807) is 46.9 Å². The van der Waals surface area contributed by atoms with Gasteiger partial charge < -0.3 is 9.13 Å². The maximum atomic E-state index is 15.0. The number of Topliss-reactive ketones (excluding diaryl/α,β-unsaturated/α-hetero) is 2. The highest BCUT2D eigenvalue weighted by Crippen LogP contribution is 2.57. The van der Waals surface area contributed by atoms with Gasteiger partial charge in [-0.3, -0.25) is 9.59 Å². The molecule has 0 bridgehead atoms. The molecule has 2 aliphatic rings. The molecular formula is C84H90Cl4N8O2S5. The van der Waals surface area contributed by atoms with Gasteiger partial charge in [0.1, 0.15) is 46.5 Å². The summed E-state index contributed by atoms with van der Waals surface area (Å²) >= 11 is 35.0. The molecule has 2 atom stereocenters. The number of hydrogen-bond acceptors (Lipinski definition) is 13. The lowest BCUT2D eigenvalue weighted by molar-refractivity contribution is 0.103. The zero-order chi connectivity index (χ0) is 72.6. The third-order valence-corrected chi connectivity index (χ3v) is 28.9. The van der Waals surface area contributed by atoms with Gasteiger partial charge in [-0.05, 0) is 109 Å². The maximum Gasteiger partial charge on any atom is 0.194 e. The molecule has 0 amide bonds. The van der Waals surface area contributed by atoms with Gasteiger partial charge >= 0.3 is 0 Å². The summed E-state index contributed by atoms with van der Waals surface area (Å²) < 4.78 is 23.2. The van der Waals surface area contributed by atoms with Gasteiger partial charge in [0.15, 0.2) is 11.6 Å². The number of halogens is 4. The van der Waals surface area contributed by atoms with E-state index in [1.807, 2.05) is 34.8 Å². The number of nitriles is 4. The fourth-order valence-electron chi connectivity index (χ4n) is 16.1. The van der Waals surface area contributed by atoms with Crippen LogP contribution in [-0.4, -0.2) is 29.4 Å². The smallest absolute Gasteiger partial charge is 0.194 e. The number of carbonyl (C=O) groups excluding carboxylic acids is 2. The highest BCUT2D eigenvalue weighted by Gasteiger charge is 2.38. The lowest BCUT2D eigenvalue weighted by atomic mass is 9.96. The van der Waals surface area contributed by atoms with Crippen LogP contribution in [0.1, 0.15) is 274 Å². The molecule has 0 spiro atoms. The predicted molar refractivity (Wildman–Crippen MR) is 441 cm³/mol. The summed E-state index contributed by atoms with van der Waals surface area (Å²) in [6.45, 7) is 15.3. The molecule has 3 aromatic carbocycles. The Labute approximate surface area is 646 Å². The van der Waals surface area contributed by atoms with E-state index in [2.05, 4.69) is 75.0 Å². The molecule has 0 saturated carbocycles. The van der Waals surface area contributed by atoms with Gasteiger partial charge in [-0.15, -0.1) is 45.3 Å². The van der Waals surface area contributed by atoms with Crippen LogP contribution in [0.5, 0.6) is 0 Å². The molecule has 2 aliphatic carbocycles. The standard InChI is InChI=1S/C84H90Cl4N8O2S5/c1-7-13-17-19-21-23-25-27-29-33-53-65(43-59-67(51(45-89)46-90)55-39-61(85)63(87)41-57(55)77(59)97)99-83-75-81(101-79(53)83)69-71-72(94-103-93-71)70-74(73(69)95(75)37-35-49(11-5)31-15-9-3)96(38-36-50(12-6)32-16-10-4)76-82(70)102-80-54(34-30-28-26-24-22-20-18-14-8-2)66(100-84(76)80)44-60-68(52(47-91)48-92)56-40-62(86)64(88)42-58(56)78(60)98/h39-44,49-50H,7-38H2,1-6H3/b59-43-,60-44-. The third-order valence-electron chi connectivity index (χ3n) is 21.8. The zero-order valence-electron chi connectivity index (χ0n) is 60.2. The van der Waals surface area contributed by atoms with E-state index in [1.165, 1.54) is 141 Å². The van der Waals surface area contributed by atoms with E-state index in [9.17, 15) is 30.6 Å². The summed E-state index contributed by atoms with van der Waals surface area (Å²) in [5, 5.41) is 45.5. The van der Waals surface area contributed by atoms with E-state index < -0.39 is 0 Å². The number of unbranched alkanes of at least 4 members (excludes halogenated alkanes) is 18. The largest absolute Gasteiger partial charge is 0.337 e. The van der Waals surface area contributed by atoms with Gasteiger partial charge in [0, 0.05) is 67.0 Å². The number of benzene rings is 3. The van der Waals surface area contributed by atoms with Crippen molar-refractivity contribution in [1.29, 1.82) is 21.0 Å². The van der Waals surface area contributed by atoms with Crippen LogP contribution in [0.4, 0.5) is 0 Å². The number of allylic oxidation sites excluding steroid dienone is 6. The summed E-state index contributed by atoms with van der Waals surface area (Å²) in [4.78, 5) is 31.8. The quantitative estimate of drug-likeness (QED) is 0.0213. The van der Waals surface area contributed by atoms with E-state index in [0.29, 0.717) is 45.2 Å². The van der Waals surface area contributed by atoms with E-state index in [4.69, 9.17) is 55.2 Å². The van der Waals surface area contributed by atoms with Crippen LogP contribution < -0.4 is 0 Å². The van der Waals surface area contributed by atoms with Crippen LogP contribution >= 0.6 is 103 Å². The summed E-state index contributed by atoms with van der Waals surface area (Å²) in [5.74, 6) is 0.397. The molecule has 536 valence electrons. The lowest BCUT2D eigenvalue weighted by Gasteiger charge is -2.18. The minimum Gasteiger partial charge on any atom is -0.337 e. The van der Waals surface area contributed by atoms with Gasteiger partial charge in [0.25, 0.3) is 0 Å². The van der Waals surface area contributed by atoms with Crippen LogP contribution in [0.2, 0.25) is 20.1 Å². The van der Waals surface area contributed by atoms with Crippen LogP contribution in [-0.2, 0) is 25.9 Å². The summed E-state index contributed by atoms with van der Waals surface area (Å²) in [6.07, 6.45) is 37.7. The Kier molecular flexibility index (Phi) is 26.0. The number of rotatable bonds is 36. The summed E-state index contributed by atoms with van der Waals surface area (Å²) in [6, 6.07) is 14.9. The van der Waals surface area contributed by atoms with Crippen molar-refractivity contribution in [2.24, 2.45) is 11.8 Å². The molecular weight excluding hydrogens is 1460 g/mol. The minimum atomic E-state index is -0.294. The summed E-state index contributed by atoms with van der Waals surface area (Å²) in [7, 11) is 0. The maximum absolute atomic E-state index is 15.0. The molecule has 0 fully saturated rings. The molecule has 12 rings (SSSR count). The highest BCUT2D eigenvalue weighted by atomic mass is 35.5. The first-order valence-electron chi connectivity index (χ1n) is 37.9. The average Bonchev–Trinajstić information content (AvgIpc) is 1.51. The number of thiophene rings is 4. The zero-order valence-corrected chi connectivity index (χ0v) is 67.3. The van der Waals surface area contributed by atoms with Crippen LogP contribution in [0.25, 0.3) is 95.4 Å². The fraction of sp³-hybridized carbons (Fsp3) is 0.476. The van der Waals surface area contributed by atoms with Gasteiger partial charge in [-0.2, -0.15) is 29.8 Å². The number of aryl methyl sites for hydroxylation is 4. The monoisotopic (exact) mass is 1540 g/mol. The Hall–Kier alpha value is -6.18. The van der Waals surface area contributed by atoms with Gasteiger partial charge in [-0.25, -0.2) is 0 Å². The first kappa shape index (κ1) is 76.5. The van der Waals surface area contributed by atoms with Crippen LogP contribution in [0.3, 0.4) is 0 Å². The number of aromatic nitrogens is 4. The Morgan fingerprint density at radius 2 is 0.767 bits per heavy atom. The number of ketones is 2. The second-order valence-electron chi connectivity index (χ2n) is 28.4. The fourth-order valence-corrected chi connectivity index (χ4v) is 23.2. The summed E-state index contributed by atoms with van der Waals surface area (Å²) in [5.41, 5.74) is 11.2. The normalized spacial score (nSPS) is 14.5. The van der Waals surface area contributed by atoms with Crippen molar-refractivity contribution in [2.75, 3.05) is 0 Å². The Bertz CT molecular complexity index is 4870. The van der Waals surface area contributed by atoms with Gasteiger partial charge in [0.2, 0.25) is 0 Å². The third kappa shape index (κ3) is 15.2. The van der Waals surface area contributed by atoms with Crippen molar-refractivity contribution in [2.45, 2.75) is 247 Å². The number of hydrogen-bond donors (Lipinski definition) is 0. The molecule has 0 radical (unpaired) electrons.